The summed E-state index contributed by atoms with van der Waals surface area (Å²) in [7, 11) is 0. The standard InChI is InChI=1S/C35H28N4/c1-3-25-23-28(34-36-30-18-10-12-20-32(30)38(34)26-14-6-4-7-15-26)24(2)22-29(25)35-37-31-19-11-13-21-33(31)39(35)27-16-8-5-9-17-27/h4-23H,3H2,1-2H3. The van der Waals surface area contributed by atoms with Crippen molar-refractivity contribution in [3.63, 3.8) is 0 Å². The number of nitrogens with zero attached hydrogens (tertiary/aromatic N) is 4. The Hall–Kier alpha value is -4.96. The highest BCUT2D eigenvalue weighted by molar-refractivity contribution is 5.87. The average molecular weight is 505 g/mol. The van der Waals surface area contributed by atoms with Crippen LogP contribution in [-0.4, -0.2) is 19.1 Å². The fourth-order valence-corrected chi connectivity index (χ4v) is 5.58. The van der Waals surface area contributed by atoms with Crippen molar-refractivity contribution in [2.24, 2.45) is 0 Å². The number of hydrogen-bond donors (Lipinski definition) is 0. The maximum Gasteiger partial charge on any atom is 0.146 e. The van der Waals surface area contributed by atoms with Crippen LogP contribution in [0, 0.1) is 6.92 Å². The zero-order chi connectivity index (χ0) is 26.3. The molecule has 2 heterocycles. The van der Waals surface area contributed by atoms with E-state index in [0.29, 0.717) is 0 Å². The van der Waals surface area contributed by atoms with E-state index in [1.165, 1.54) is 11.1 Å². The number of benzene rings is 5. The van der Waals surface area contributed by atoms with E-state index in [4.69, 9.17) is 9.97 Å². The number of fused-ring (bicyclic) bond motifs is 2. The quantitative estimate of drug-likeness (QED) is 0.235. The van der Waals surface area contributed by atoms with Gasteiger partial charge < -0.3 is 0 Å². The van der Waals surface area contributed by atoms with Crippen LogP contribution in [0.25, 0.3) is 56.2 Å². The molecule has 4 nitrogen and oxygen atoms in total. The largest absolute Gasteiger partial charge is 0.292 e. The van der Waals surface area contributed by atoms with E-state index in [-0.39, 0.29) is 0 Å². The number of imidazole rings is 2. The lowest BCUT2D eigenvalue weighted by molar-refractivity contribution is 1.06. The molecular formula is C35H28N4. The first-order chi connectivity index (χ1) is 19.2. The smallest absolute Gasteiger partial charge is 0.146 e. The lowest BCUT2D eigenvalue weighted by Crippen LogP contribution is -2.03. The monoisotopic (exact) mass is 504 g/mol. The molecule has 0 N–H and O–H groups in total. The van der Waals surface area contributed by atoms with Crippen LogP contribution in [0.4, 0.5) is 0 Å². The topological polar surface area (TPSA) is 35.6 Å². The van der Waals surface area contributed by atoms with Gasteiger partial charge >= 0.3 is 0 Å². The van der Waals surface area contributed by atoms with Crippen LogP contribution in [-0.2, 0) is 6.42 Å². The van der Waals surface area contributed by atoms with Gasteiger partial charge in [-0.1, -0.05) is 67.6 Å². The lowest BCUT2D eigenvalue weighted by atomic mass is 9.96. The van der Waals surface area contributed by atoms with E-state index >= 15 is 0 Å². The van der Waals surface area contributed by atoms with Crippen molar-refractivity contribution in [3.8, 4) is 34.2 Å². The first-order valence-electron chi connectivity index (χ1n) is 13.4. The van der Waals surface area contributed by atoms with Crippen LogP contribution >= 0.6 is 0 Å². The van der Waals surface area contributed by atoms with Crippen molar-refractivity contribution in [1.29, 1.82) is 0 Å². The SMILES string of the molecule is CCc1cc(-c2nc3ccccc3n2-c2ccccc2)c(C)cc1-c1nc2ccccc2n1-c1ccccc1. The fourth-order valence-electron chi connectivity index (χ4n) is 5.58. The molecule has 5 aromatic carbocycles. The average Bonchev–Trinajstić information content (AvgIpc) is 3.57. The Labute approximate surface area is 227 Å². The number of para-hydroxylation sites is 6. The van der Waals surface area contributed by atoms with Crippen molar-refractivity contribution >= 4 is 22.1 Å². The van der Waals surface area contributed by atoms with Gasteiger partial charge in [-0.3, -0.25) is 9.13 Å². The zero-order valence-corrected chi connectivity index (χ0v) is 22.0. The summed E-state index contributed by atoms with van der Waals surface area (Å²) in [6, 6.07) is 42.3. The van der Waals surface area contributed by atoms with Crippen molar-refractivity contribution in [1.82, 2.24) is 19.1 Å². The van der Waals surface area contributed by atoms with Gasteiger partial charge in [0.1, 0.15) is 11.6 Å². The first-order valence-corrected chi connectivity index (χ1v) is 13.4. The van der Waals surface area contributed by atoms with E-state index < -0.39 is 0 Å². The molecule has 0 aliphatic rings. The Morgan fingerprint density at radius 3 is 1.51 bits per heavy atom. The summed E-state index contributed by atoms with van der Waals surface area (Å²) in [5, 5.41) is 0. The predicted octanol–water partition coefficient (Wildman–Crippen LogP) is 8.57. The summed E-state index contributed by atoms with van der Waals surface area (Å²) < 4.78 is 4.55. The summed E-state index contributed by atoms with van der Waals surface area (Å²) in [4.78, 5) is 10.3. The molecular weight excluding hydrogens is 476 g/mol. The molecule has 0 aliphatic heterocycles. The third-order valence-corrected chi connectivity index (χ3v) is 7.46. The second kappa shape index (κ2) is 9.41. The molecule has 0 unspecified atom stereocenters. The molecule has 188 valence electrons. The van der Waals surface area contributed by atoms with Crippen LogP contribution in [0.2, 0.25) is 0 Å². The highest BCUT2D eigenvalue weighted by atomic mass is 15.1. The van der Waals surface area contributed by atoms with Crippen LogP contribution in [0.5, 0.6) is 0 Å². The Morgan fingerprint density at radius 1 is 0.538 bits per heavy atom. The van der Waals surface area contributed by atoms with Crippen molar-refractivity contribution < 1.29 is 0 Å². The Morgan fingerprint density at radius 2 is 1.00 bits per heavy atom. The van der Waals surface area contributed by atoms with Gasteiger partial charge in [0.25, 0.3) is 0 Å². The molecule has 0 aliphatic carbocycles. The Bertz CT molecular complexity index is 1950. The normalized spacial score (nSPS) is 11.4. The van der Waals surface area contributed by atoms with Crippen LogP contribution in [0.3, 0.4) is 0 Å². The van der Waals surface area contributed by atoms with Gasteiger partial charge in [0.15, 0.2) is 0 Å². The van der Waals surface area contributed by atoms with E-state index in [1.54, 1.807) is 0 Å². The highest BCUT2D eigenvalue weighted by Crippen LogP contribution is 2.37. The summed E-state index contributed by atoms with van der Waals surface area (Å²) in [5.41, 5.74) is 11.1. The van der Waals surface area contributed by atoms with Gasteiger partial charge in [0, 0.05) is 22.5 Å². The fraction of sp³-hybridized carbons (Fsp3) is 0.0857. The van der Waals surface area contributed by atoms with E-state index in [2.05, 4.69) is 144 Å². The molecule has 39 heavy (non-hydrogen) atoms. The third-order valence-electron chi connectivity index (χ3n) is 7.46. The molecule has 7 aromatic rings. The number of hydrogen-bond acceptors (Lipinski definition) is 2. The highest BCUT2D eigenvalue weighted by Gasteiger charge is 2.21. The van der Waals surface area contributed by atoms with Gasteiger partial charge in [-0.25, -0.2) is 9.97 Å². The van der Waals surface area contributed by atoms with Gasteiger partial charge in [0.2, 0.25) is 0 Å². The summed E-state index contributed by atoms with van der Waals surface area (Å²) in [5.74, 6) is 1.92. The van der Waals surface area contributed by atoms with Gasteiger partial charge in [-0.05, 0) is 85.1 Å². The summed E-state index contributed by atoms with van der Waals surface area (Å²) >= 11 is 0. The van der Waals surface area contributed by atoms with Crippen molar-refractivity contribution in [2.45, 2.75) is 20.3 Å². The van der Waals surface area contributed by atoms with Gasteiger partial charge in [-0.15, -0.1) is 0 Å². The molecule has 7 rings (SSSR count). The second-order valence-electron chi connectivity index (χ2n) is 9.87. The summed E-state index contributed by atoms with van der Waals surface area (Å²) in [6.45, 7) is 4.40. The third kappa shape index (κ3) is 3.84. The van der Waals surface area contributed by atoms with E-state index in [0.717, 1.165) is 62.6 Å². The molecule has 0 atom stereocenters. The maximum atomic E-state index is 5.15. The maximum absolute atomic E-state index is 5.15. The minimum absolute atomic E-state index is 0.881. The van der Waals surface area contributed by atoms with Crippen LogP contribution in [0.1, 0.15) is 18.1 Å². The number of rotatable bonds is 5. The second-order valence-corrected chi connectivity index (χ2v) is 9.87. The molecule has 0 saturated heterocycles. The number of aromatic nitrogens is 4. The first kappa shape index (κ1) is 23.2. The van der Waals surface area contributed by atoms with Gasteiger partial charge in [0.05, 0.1) is 22.1 Å². The Balaban J connectivity index is 1.48. The van der Waals surface area contributed by atoms with Gasteiger partial charge in [-0.2, -0.15) is 0 Å². The van der Waals surface area contributed by atoms with Crippen LogP contribution in [0.15, 0.2) is 121 Å². The molecule has 0 radical (unpaired) electrons. The molecule has 4 heteroatoms. The minimum Gasteiger partial charge on any atom is -0.292 e. The zero-order valence-electron chi connectivity index (χ0n) is 22.0. The molecule has 0 saturated carbocycles. The Kier molecular flexibility index (Phi) is 5.59. The summed E-state index contributed by atoms with van der Waals surface area (Å²) in [6.07, 6.45) is 0.881. The number of aryl methyl sites for hydroxylation is 2. The molecule has 0 bridgehead atoms. The van der Waals surface area contributed by atoms with E-state index in [9.17, 15) is 0 Å². The van der Waals surface area contributed by atoms with Crippen LogP contribution < -0.4 is 0 Å². The van der Waals surface area contributed by atoms with Crippen molar-refractivity contribution in [3.05, 3.63) is 132 Å². The minimum atomic E-state index is 0.881. The molecule has 0 amide bonds. The lowest BCUT2D eigenvalue weighted by Gasteiger charge is -2.17. The van der Waals surface area contributed by atoms with Crippen molar-refractivity contribution in [2.75, 3.05) is 0 Å². The molecule has 0 fully saturated rings. The van der Waals surface area contributed by atoms with E-state index in [1.807, 2.05) is 0 Å². The molecule has 0 spiro atoms. The predicted molar refractivity (Wildman–Crippen MR) is 161 cm³/mol. The molecule has 2 aromatic heterocycles.